The van der Waals surface area contributed by atoms with Gasteiger partial charge in [-0.05, 0) is 43.5 Å². The van der Waals surface area contributed by atoms with Crippen LogP contribution in [0.25, 0.3) is 0 Å². The number of thioether (sulfide) groups is 1. The third kappa shape index (κ3) is 3.89. The Kier molecular flexibility index (Phi) is 6.01. The Morgan fingerprint density at radius 1 is 1.31 bits per heavy atom. The first-order chi connectivity index (χ1) is 7.81. The number of nitrogens with one attached hydrogen (secondary N) is 1. The van der Waals surface area contributed by atoms with E-state index in [0.29, 0.717) is 0 Å². The molecule has 0 aliphatic heterocycles. The fourth-order valence-electron chi connectivity index (χ4n) is 1.36. The first-order valence-corrected chi connectivity index (χ1v) is 6.77. The van der Waals surface area contributed by atoms with Gasteiger partial charge in [-0.25, -0.2) is 0 Å². The lowest BCUT2D eigenvalue weighted by atomic mass is 10.2. The third-order valence-corrected chi connectivity index (χ3v) is 3.38. The van der Waals surface area contributed by atoms with E-state index < -0.39 is 0 Å². The molecule has 0 bridgehead atoms. The number of aliphatic imine (C=N–C) groups is 1. The van der Waals surface area contributed by atoms with Crippen molar-refractivity contribution in [3.05, 3.63) is 18.2 Å². The van der Waals surface area contributed by atoms with E-state index >= 15 is 0 Å². The van der Waals surface area contributed by atoms with E-state index in [1.165, 1.54) is 11.3 Å². The summed E-state index contributed by atoms with van der Waals surface area (Å²) in [5.74, 6) is 1.15. The maximum atomic E-state index is 4.07. The molecule has 0 heterocycles. The first-order valence-electron chi connectivity index (χ1n) is 5.79. The summed E-state index contributed by atoms with van der Waals surface area (Å²) in [5, 5.41) is 3.35. The van der Waals surface area contributed by atoms with Crippen molar-refractivity contribution >= 4 is 29.9 Å². The summed E-state index contributed by atoms with van der Waals surface area (Å²) >= 11 is 1.87. The van der Waals surface area contributed by atoms with Crippen LogP contribution in [-0.2, 0) is 0 Å². The van der Waals surface area contributed by atoms with E-state index in [0.717, 1.165) is 30.1 Å². The van der Waals surface area contributed by atoms with Crippen molar-refractivity contribution < 1.29 is 0 Å². The van der Waals surface area contributed by atoms with Crippen LogP contribution in [0.15, 0.2) is 28.1 Å². The standard InChI is InChI=1S/C13H20N2S/c1-4-8-15-12-7-6-11(16-9-5-2)10-13(12)14-3/h6-7,10,15H,3-5,8-9H2,1-2H3. The van der Waals surface area contributed by atoms with Gasteiger partial charge >= 0.3 is 0 Å². The zero-order chi connectivity index (χ0) is 11.8. The van der Waals surface area contributed by atoms with E-state index in [-0.39, 0.29) is 0 Å². The topological polar surface area (TPSA) is 24.4 Å². The Balaban J connectivity index is 2.75. The van der Waals surface area contributed by atoms with Gasteiger partial charge in [0.2, 0.25) is 0 Å². The lowest BCUT2D eigenvalue weighted by molar-refractivity contribution is 0.979. The average molecular weight is 236 g/mol. The van der Waals surface area contributed by atoms with E-state index in [4.69, 9.17) is 0 Å². The van der Waals surface area contributed by atoms with E-state index in [1.54, 1.807) is 0 Å². The highest BCUT2D eigenvalue weighted by molar-refractivity contribution is 7.99. The zero-order valence-corrected chi connectivity index (χ0v) is 10.9. The van der Waals surface area contributed by atoms with E-state index in [9.17, 15) is 0 Å². The molecule has 2 nitrogen and oxygen atoms in total. The number of rotatable bonds is 7. The molecule has 88 valence electrons. The first kappa shape index (κ1) is 13.1. The van der Waals surface area contributed by atoms with Crippen LogP contribution in [-0.4, -0.2) is 19.0 Å². The molecule has 0 amide bonds. The molecule has 1 N–H and O–H groups in total. The second kappa shape index (κ2) is 7.34. The highest BCUT2D eigenvalue weighted by Gasteiger charge is 2.01. The fraction of sp³-hybridized carbons (Fsp3) is 0.462. The van der Waals surface area contributed by atoms with Crippen LogP contribution in [0.5, 0.6) is 0 Å². The van der Waals surface area contributed by atoms with Gasteiger partial charge in [0.05, 0.1) is 11.4 Å². The number of nitrogens with zero attached hydrogens (tertiary/aromatic N) is 1. The molecule has 0 saturated carbocycles. The molecule has 0 atom stereocenters. The summed E-state index contributed by atoms with van der Waals surface area (Å²) in [6, 6.07) is 6.34. The molecule has 0 unspecified atom stereocenters. The molecule has 1 rings (SSSR count). The van der Waals surface area contributed by atoms with Gasteiger partial charge < -0.3 is 5.32 Å². The summed E-state index contributed by atoms with van der Waals surface area (Å²) in [6.07, 6.45) is 2.31. The van der Waals surface area contributed by atoms with Crippen molar-refractivity contribution in [1.82, 2.24) is 0 Å². The molecule has 0 radical (unpaired) electrons. The Bertz CT molecular complexity index is 337. The fourth-order valence-corrected chi connectivity index (χ4v) is 2.16. The molecule has 1 aromatic carbocycles. The van der Waals surface area contributed by atoms with Gasteiger partial charge in [-0.15, -0.1) is 11.8 Å². The molecule has 16 heavy (non-hydrogen) atoms. The van der Waals surface area contributed by atoms with Gasteiger partial charge in [-0.1, -0.05) is 13.8 Å². The highest BCUT2D eigenvalue weighted by Crippen LogP contribution is 2.30. The van der Waals surface area contributed by atoms with Crippen LogP contribution in [0, 0.1) is 0 Å². The van der Waals surface area contributed by atoms with Gasteiger partial charge in [0, 0.05) is 11.4 Å². The normalized spacial score (nSPS) is 10.1. The minimum absolute atomic E-state index is 0.953. The Morgan fingerprint density at radius 2 is 2.12 bits per heavy atom. The summed E-state index contributed by atoms with van der Waals surface area (Å²) < 4.78 is 0. The van der Waals surface area contributed by atoms with Crippen LogP contribution >= 0.6 is 11.8 Å². The largest absolute Gasteiger partial charge is 0.383 e. The Morgan fingerprint density at radius 3 is 2.75 bits per heavy atom. The van der Waals surface area contributed by atoms with Gasteiger partial charge in [-0.2, -0.15) is 0 Å². The SMILES string of the molecule is C=Nc1cc(SCCC)ccc1NCCC. The molecule has 0 aliphatic carbocycles. The lowest BCUT2D eigenvalue weighted by Crippen LogP contribution is -1.99. The molecule has 0 saturated heterocycles. The van der Waals surface area contributed by atoms with Crippen LogP contribution < -0.4 is 5.32 Å². The summed E-state index contributed by atoms with van der Waals surface area (Å²) in [5.41, 5.74) is 2.03. The Hall–Kier alpha value is -0.960. The minimum Gasteiger partial charge on any atom is -0.383 e. The maximum absolute atomic E-state index is 4.07. The number of hydrogen-bond acceptors (Lipinski definition) is 3. The molecule has 1 aromatic rings. The molecular weight excluding hydrogens is 216 g/mol. The highest BCUT2D eigenvalue weighted by atomic mass is 32.2. The van der Waals surface area contributed by atoms with Crippen LogP contribution in [0.4, 0.5) is 11.4 Å². The van der Waals surface area contributed by atoms with Gasteiger partial charge in [-0.3, -0.25) is 4.99 Å². The lowest BCUT2D eigenvalue weighted by Gasteiger charge is -2.09. The molecule has 3 heteroatoms. The minimum atomic E-state index is 0.953. The summed E-state index contributed by atoms with van der Waals surface area (Å²) in [6.45, 7) is 8.94. The number of anilines is 1. The zero-order valence-electron chi connectivity index (χ0n) is 10.1. The summed E-state index contributed by atoms with van der Waals surface area (Å²) in [7, 11) is 0. The van der Waals surface area contributed by atoms with Crippen molar-refractivity contribution in [3.63, 3.8) is 0 Å². The second-order valence-corrected chi connectivity index (χ2v) is 4.78. The van der Waals surface area contributed by atoms with Crippen molar-refractivity contribution in [1.29, 1.82) is 0 Å². The van der Waals surface area contributed by atoms with Gasteiger partial charge in [0.25, 0.3) is 0 Å². The van der Waals surface area contributed by atoms with Gasteiger partial charge in [0.1, 0.15) is 0 Å². The van der Waals surface area contributed by atoms with E-state index in [2.05, 4.69) is 49.1 Å². The molecule has 0 fully saturated rings. The number of hydrogen-bond donors (Lipinski definition) is 1. The van der Waals surface area contributed by atoms with Crippen LogP contribution in [0.2, 0.25) is 0 Å². The molecule has 0 aromatic heterocycles. The molecular formula is C13H20N2S. The summed E-state index contributed by atoms with van der Waals surface area (Å²) in [4.78, 5) is 5.34. The van der Waals surface area contributed by atoms with Crippen molar-refractivity contribution in [2.24, 2.45) is 4.99 Å². The third-order valence-electron chi connectivity index (χ3n) is 2.18. The molecule has 0 aliphatic rings. The smallest absolute Gasteiger partial charge is 0.0864 e. The Labute approximate surface area is 103 Å². The van der Waals surface area contributed by atoms with Gasteiger partial charge in [0.15, 0.2) is 0 Å². The monoisotopic (exact) mass is 236 g/mol. The van der Waals surface area contributed by atoms with Crippen LogP contribution in [0.3, 0.4) is 0 Å². The number of benzene rings is 1. The predicted octanol–water partition coefficient (Wildman–Crippen LogP) is 4.34. The van der Waals surface area contributed by atoms with Crippen molar-refractivity contribution in [2.45, 2.75) is 31.6 Å². The maximum Gasteiger partial charge on any atom is 0.0864 e. The van der Waals surface area contributed by atoms with Crippen molar-refractivity contribution in [2.75, 3.05) is 17.6 Å². The van der Waals surface area contributed by atoms with E-state index in [1.807, 2.05) is 11.8 Å². The van der Waals surface area contributed by atoms with Crippen molar-refractivity contribution in [3.8, 4) is 0 Å². The predicted molar refractivity (Wildman–Crippen MR) is 75.4 cm³/mol. The van der Waals surface area contributed by atoms with Crippen LogP contribution in [0.1, 0.15) is 26.7 Å². The quantitative estimate of drug-likeness (QED) is 0.562. The second-order valence-electron chi connectivity index (χ2n) is 3.61. The average Bonchev–Trinajstić information content (AvgIpc) is 2.34. The molecule has 0 spiro atoms.